The first-order chi connectivity index (χ1) is 7.99. The summed E-state index contributed by atoms with van der Waals surface area (Å²) in [5.74, 6) is -0.546. The van der Waals surface area contributed by atoms with Crippen molar-refractivity contribution in [3.63, 3.8) is 0 Å². The number of ether oxygens (including phenoxy) is 1. The summed E-state index contributed by atoms with van der Waals surface area (Å²) < 4.78 is 4.86. The molecule has 1 rings (SSSR count). The third kappa shape index (κ3) is 3.88. The van der Waals surface area contributed by atoms with Gasteiger partial charge in [-0.05, 0) is 28.1 Å². The van der Waals surface area contributed by atoms with Crippen molar-refractivity contribution < 1.29 is 14.6 Å². The van der Waals surface area contributed by atoms with Crippen molar-refractivity contribution in [3.05, 3.63) is 27.7 Å². The van der Waals surface area contributed by atoms with Crippen molar-refractivity contribution >= 4 is 34.3 Å². The number of nitrogens with two attached hydrogens (primary N) is 1. The molecule has 1 atom stereocenters. The number of benzene rings is 1. The Morgan fingerprint density at radius 3 is 2.78 bits per heavy atom. The lowest BCUT2D eigenvalue weighted by molar-refractivity contribution is -0.141. The maximum absolute atomic E-state index is 11.1. The van der Waals surface area contributed by atoms with Crippen LogP contribution in [0.2, 0.25) is 0 Å². The molecule has 0 aliphatic carbocycles. The Balaban J connectivity index is 0.00000289. The summed E-state index contributed by atoms with van der Waals surface area (Å²) in [5, 5.41) is 18.6. The summed E-state index contributed by atoms with van der Waals surface area (Å²) in [6.45, 7) is 0. The first kappa shape index (κ1) is 16.7. The molecule has 98 valence electrons. The number of nitrogens with zero attached hydrogens (tertiary/aromatic N) is 1. The van der Waals surface area contributed by atoms with Crippen molar-refractivity contribution in [2.45, 2.75) is 12.5 Å². The van der Waals surface area contributed by atoms with Gasteiger partial charge in [0.25, 0.3) is 0 Å². The molecule has 0 amide bonds. The standard InChI is InChI=1S/C11H11BrN2O3.ClH/c1-17-10(15)4-9(14)7-2-6(5-13)3-8(12)11(7)16;/h2-3,9,16H,4,14H2,1H3;1H/t9-;/m1./s1. The normalized spacial score (nSPS) is 11.0. The van der Waals surface area contributed by atoms with Crippen LogP contribution in [-0.4, -0.2) is 18.2 Å². The Hall–Kier alpha value is -1.29. The third-order valence-corrected chi connectivity index (χ3v) is 2.84. The maximum atomic E-state index is 11.1. The Labute approximate surface area is 119 Å². The largest absolute Gasteiger partial charge is 0.506 e. The number of hydrogen-bond donors (Lipinski definition) is 2. The quantitative estimate of drug-likeness (QED) is 0.824. The van der Waals surface area contributed by atoms with Gasteiger partial charge in [-0.2, -0.15) is 5.26 Å². The van der Waals surface area contributed by atoms with E-state index in [0.29, 0.717) is 15.6 Å². The van der Waals surface area contributed by atoms with Crippen molar-refractivity contribution in [2.75, 3.05) is 7.11 Å². The van der Waals surface area contributed by atoms with Crippen molar-refractivity contribution in [3.8, 4) is 11.8 Å². The van der Waals surface area contributed by atoms with Gasteiger partial charge in [0.1, 0.15) is 5.75 Å². The monoisotopic (exact) mass is 334 g/mol. The molecule has 3 N–H and O–H groups in total. The van der Waals surface area contributed by atoms with Crippen LogP contribution in [0, 0.1) is 11.3 Å². The van der Waals surface area contributed by atoms with Gasteiger partial charge in [0.15, 0.2) is 0 Å². The number of phenols is 1. The average molecular weight is 336 g/mol. The molecule has 1 aromatic rings. The number of carbonyl (C=O) groups is 1. The van der Waals surface area contributed by atoms with Crippen molar-refractivity contribution in [2.24, 2.45) is 5.73 Å². The van der Waals surface area contributed by atoms with Gasteiger partial charge >= 0.3 is 5.97 Å². The van der Waals surface area contributed by atoms with E-state index >= 15 is 0 Å². The highest BCUT2D eigenvalue weighted by Gasteiger charge is 2.18. The van der Waals surface area contributed by atoms with Gasteiger partial charge in [0.05, 0.1) is 29.6 Å². The molecular formula is C11H12BrClN2O3. The molecule has 1 aromatic carbocycles. The SMILES string of the molecule is COC(=O)C[C@@H](N)c1cc(C#N)cc(Br)c1O.Cl. The van der Waals surface area contributed by atoms with Crippen molar-refractivity contribution in [1.29, 1.82) is 5.26 Å². The Kier molecular flexibility index (Phi) is 6.70. The van der Waals surface area contributed by atoms with E-state index in [1.165, 1.54) is 19.2 Å². The molecule has 0 aliphatic heterocycles. The van der Waals surface area contributed by atoms with E-state index in [2.05, 4.69) is 20.7 Å². The van der Waals surface area contributed by atoms with Gasteiger partial charge in [-0.15, -0.1) is 12.4 Å². The highest BCUT2D eigenvalue weighted by atomic mass is 79.9. The molecule has 0 bridgehead atoms. The van der Waals surface area contributed by atoms with Crippen LogP contribution < -0.4 is 5.73 Å². The van der Waals surface area contributed by atoms with Gasteiger partial charge in [-0.1, -0.05) is 0 Å². The zero-order valence-corrected chi connectivity index (χ0v) is 11.9. The van der Waals surface area contributed by atoms with Crippen LogP contribution >= 0.6 is 28.3 Å². The summed E-state index contributed by atoms with van der Waals surface area (Å²) in [4.78, 5) is 11.1. The zero-order chi connectivity index (χ0) is 13.0. The predicted octanol–water partition coefficient (Wildman–Crippen LogP) is 2.01. The number of rotatable bonds is 3. The summed E-state index contributed by atoms with van der Waals surface area (Å²) >= 11 is 3.12. The molecule has 18 heavy (non-hydrogen) atoms. The third-order valence-electron chi connectivity index (χ3n) is 2.24. The van der Waals surface area contributed by atoms with E-state index in [9.17, 15) is 9.90 Å². The molecule has 0 aromatic heterocycles. The second-order valence-corrected chi connectivity index (χ2v) is 4.25. The van der Waals surface area contributed by atoms with Crippen LogP contribution in [0.25, 0.3) is 0 Å². The summed E-state index contributed by atoms with van der Waals surface area (Å²) in [7, 11) is 1.26. The Morgan fingerprint density at radius 2 is 2.28 bits per heavy atom. The molecule has 7 heteroatoms. The van der Waals surface area contributed by atoms with Crippen LogP contribution in [0.5, 0.6) is 5.75 Å². The molecule has 0 saturated carbocycles. The van der Waals surface area contributed by atoms with Crippen LogP contribution in [0.1, 0.15) is 23.6 Å². The molecule has 0 aliphatic rings. The fourth-order valence-electron chi connectivity index (χ4n) is 1.34. The number of aromatic hydroxyl groups is 1. The number of hydrogen-bond acceptors (Lipinski definition) is 5. The number of carbonyl (C=O) groups excluding carboxylic acids is 1. The van der Waals surface area contributed by atoms with E-state index in [1.54, 1.807) is 0 Å². The number of methoxy groups -OCH3 is 1. The predicted molar refractivity (Wildman–Crippen MR) is 71.3 cm³/mol. The first-order valence-corrected chi connectivity index (χ1v) is 5.53. The van der Waals surface area contributed by atoms with E-state index < -0.39 is 12.0 Å². The van der Waals surface area contributed by atoms with Crippen LogP contribution in [0.4, 0.5) is 0 Å². The van der Waals surface area contributed by atoms with E-state index in [-0.39, 0.29) is 24.6 Å². The van der Waals surface area contributed by atoms with Gasteiger partial charge in [0, 0.05) is 11.6 Å². The molecule has 5 nitrogen and oxygen atoms in total. The molecule has 0 radical (unpaired) electrons. The number of halogens is 2. The number of esters is 1. The lowest BCUT2D eigenvalue weighted by Crippen LogP contribution is -2.16. The second kappa shape index (κ2) is 7.21. The van der Waals surface area contributed by atoms with Gasteiger partial charge in [-0.3, -0.25) is 4.79 Å². The molecule has 0 saturated heterocycles. The summed E-state index contributed by atoms with van der Waals surface area (Å²) in [6.07, 6.45) is -0.0641. The summed E-state index contributed by atoms with van der Waals surface area (Å²) in [5.41, 5.74) is 6.46. The highest BCUT2D eigenvalue weighted by molar-refractivity contribution is 9.10. The molecule has 0 heterocycles. The molecular weight excluding hydrogens is 323 g/mol. The minimum atomic E-state index is -0.716. The second-order valence-electron chi connectivity index (χ2n) is 3.39. The minimum absolute atomic E-state index is 0. The molecule has 0 fully saturated rings. The highest BCUT2D eigenvalue weighted by Crippen LogP contribution is 2.33. The average Bonchev–Trinajstić information content (AvgIpc) is 2.31. The fourth-order valence-corrected chi connectivity index (χ4v) is 1.82. The summed E-state index contributed by atoms with van der Waals surface area (Å²) in [6, 6.07) is 4.16. The lowest BCUT2D eigenvalue weighted by Gasteiger charge is -2.13. The number of phenolic OH excluding ortho intramolecular Hbond substituents is 1. The molecule has 0 spiro atoms. The Bertz CT molecular complexity index is 488. The van der Waals surface area contributed by atoms with Gasteiger partial charge in [0.2, 0.25) is 0 Å². The maximum Gasteiger partial charge on any atom is 0.307 e. The van der Waals surface area contributed by atoms with Crippen LogP contribution in [0.15, 0.2) is 16.6 Å². The topological polar surface area (TPSA) is 96.3 Å². The van der Waals surface area contributed by atoms with E-state index in [4.69, 9.17) is 11.0 Å². The van der Waals surface area contributed by atoms with E-state index in [0.717, 1.165) is 0 Å². The number of nitriles is 1. The smallest absolute Gasteiger partial charge is 0.307 e. The van der Waals surface area contributed by atoms with Gasteiger partial charge < -0.3 is 15.6 Å². The minimum Gasteiger partial charge on any atom is -0.506 e. The van der Waals surface area contributed by atoms with Crippen molar-refractivity contribution in [1.82, 2.24) is 0 Å². The fraction of sp³-hybridized carbons (Fsp3) is 0.273. The zero-order valence-electron chi connectivity index (χ0n) is 9.51. The van der Waals surface area contributed by atoms with Crippen LogP contribution in [-0.2, 0) is 9.53 Å². The van der Waals surface area contributed by atoms with Crippen LogP contribution in [0.3, 0.4) is 0 Å². The Morgan fingerprint density at radius 1 is 1.67 bits per heavy atom. The molecule has 0 unspecified atom stereocenters. The van der Waals surface area contributed by atoms with Gasteiger partial charge in [-0.25, -0.2) is 0 Å². The lowest BCUT2D eigenvalue weighted by atomic mass is 10.0. The first-order valence-electron chi connectivity index (χ1n) is 4.74. The van der Waals surface area contributed by atoms with E-state index in [1.807, 2.05) is 6.07 Å².